The van der Waals surface area contributed by atoms with Gasteiger partial charge in [-0.25, -0.2) is 4.79 Å². The van der Waals surface area contributed by atoms with Gasteiger partial charge in [0, 0.05) is 42.9 Å². The summed E-state index contributed by atoms with van der Waals surface area (Å²) in [7, 11) is 1.51. The van der Waals surface area contributed by atoms with Crippen molar-refractivity contribution >= 4 is 46.4 Å². The molecule has 1 aliphatic heterocycles. The first kappa shape index (κ1) is 23.7. The fraction of sp³-hybridized carbons (Fsp3) is 0.435. The van der Waals surface area contributed by atoms with E-state index in [2.05, 4.69) is 16.1 Å². The van der Waals surface area contributed by atoms with Crippen LogP contribution < -0.4 is 16.1 Å². The van der Waals surface area contributed by atoms with Crippen molar-refractivity contribution in [3.05, 3.63) is 45.6 Å². The number of nitrogens with zero attached hydrogens (tertiary/aromatic N) is 1. The molecule has 1 aromatic carbocycles. The van der Waals surface area contributed by atoms with Crippen LogP contribution in [0.25, 0.3) is 0 Å². The third-order valence-corrected chi connectivity index (χ3v) is 8.76. The lowest BCUT2D eigenvalue weighted by Gasteiger charge is -2.43. The van der Waals surface area contributed by atoms with E-state index in [9.17, 15) is 19.6 Å². The van der Waals surface area contributed by atoms with Gasteiger partial charge in [0.1, 0.15) is 0 Å². The van der Waals surface area contributed by atoms with Gasteiger partial charge in [0.15, 0.2) is 17.1 Å². The van der Waals surface area contributed by atoms with Crippen LogP contribution in [0.5, 0.6) is 0 Å². The molecule has 4 rings (SSSR count). The zero-order chi connectivity index (χ0) is 23.8. The lowest BCUT2D eigenvalue weighted by atomic mass is 9.72. The van der Waals surface area contributed by atoms with E-state index in [4.69, 9.17) is 0 Å². The Labute approximate surface area is 201 Å². The molecule has 1 aliphatic carbocycles. The number of ketones is 2. The summed E-state index contributed by atoms with van der Waals surface area (Å²) in [5.41, 5.74) is 1.51. The minimum absolute atomic E-state index is 0.0199. The lowest BCUT2D eigenvalue weighted by Crippen LogP contribution is -2.70. The third kappa shape index (κ3) is 3.39. The van der Waals surface area contributed by atoms with Crippen LogP contribution in [0.3, 0.4) is 0 Å². The van der Waals surface area contributed by atoms with Crippen LogP contribution in [0.1, 0.15) is 29.3 Å². The number of amides is 2. The first-order valence-corrected chi connectivity index (χ1v) is 12.9. The normalized spacial score (nSPS) is 25.0. The van der Waals surface area contributed by atoms with Gasteiger partial charge in [-0.15, -0.1) is 23.1 Å². The summed E-state index contributed by atoms with van der Waals surface area (Å²) in [6.07, 6.45) is 2.54. The number of carbonyl (C=O) groups excluding carboxylic acids is 3. The van der Waals surface area contributed by atoms with Crippen molar-refractivity contribution in [3.8, 4) is 0 Å². The molecule has 0 bridgehead atoms. The van der Waals surface area contributed by atoms with Crippen LogP contribution in [0.2, 0.25) is 0 Å². The van der Waals surface area contributed by atoms with Gasteiger partial charge in [-0.2, -0.15) is 0 Å². The van der Waals surface area contributed by atoms with Gasteiger partial charge in [0.2, 0.25) is 0 Å². The Kier molecular flexibility index (Phi) is 6.54. The summed E-state index contributed by atoms with van der Waals surface area (Å²) < 4.78 is 0. The molecule has 8 nitrogen and oxygen atoms in total. The first-order chi connectivity index (χ1) is 15.9. The van der Waals surface area contributed by atoms with E-state index in [0.29, 0.717) is 18.7 Å². The Bertz CT molecular complexity index is 1100. The van der Waals surface area contributed by atoms with Gasteiger partial charge in [0.25, 0.3) is 0 Å². The molecule has 2 fully saturated rings. The Hall–Kier alpha value is -2.40. The molecule has 2 aromatic rings. The molecule has 2 atom stereocenters. The number of anilines is 1. The van der Waals surface area contributed by atoms with Crippen molar-refractivity contribution in [3.63, 3.8) is 0 Å². The predicted molar refractivity (Wildman–Crippen MR) is 130 cm³/mol. The molecule has 33 heavy (non-hydrogen) atoms. The van der Waals surface area contributed by atoms with Crippen molar-refractivity contribution in [1.82, 2.24) is 15.5 Å². The molecule has 4 N–H and O–H groups in total. The van der Waals surface area contributed by atoms with E-state index < -0.39 is 17.0 Å². The van der Waals surface area contributed by atoms with E-state index in [1.54, 1.807) is 6.07 Å². The molecule has 1 saturated heterocycles. The minimum atomic E-state index is -1.57. The number of benzene rings is 1. The quantitative estimate of drug-likeness (QED) is 0.291. The number of rotatable bonds is 5. The number of thioether (sulfide) groups is 1. The number of nitrogens with one attached hydrogen (secondary N) is 3. The van der Waals surface area contributed by atoms with Crippen molar-refractivity contribution in [1.29, 1.82) is 0 Å². The molecule has 2 amide bonds. The summed E-state index contributed by atoms with van der Waals surface area (Å²) in [5.74, 6) is -0.525. The average molecular weight is 489 g/mol. The molecule has 1 saturated carbocycles. The molecule has 176 valence electrons. The highest BCUT2D eigenvalue weighted by molar-refractivity contribution is 7.98. The van der Waals surface area contributed by atoms with E-state index >= 15 is 0 Å². The van der Waals surface area contributed by atoms with Crippen molar-refractivity contribution in [2.24, 2.45) is 0 Å². The standard InChI is InChI=1S/C23H28N4O4S2/c1-4-14-11-15(26-31)5-6-16(14)22(19-17(32-3)7-10-33-19)12-18(28)23(20(22)29)13-25-8-9-27(23)21(30)24-2/h5-7,10-11,25-26,31H,4,8-9,12-13H2,1-3H3,(H,24,30)/t22-,23-/m0/s1. The summed E-state index contributed by atoms with van der Waals surface area (Å²) in [6.45, 7) is 2.85. The van der Waals surface area contributed by atoms with Gasteiger partial charge >= 0.3 is 6.03 Å². The smallest absolute Gasteiger partial charge is 0.318 e. The van der Waals surface area contributed by atoms with Crippen LogP contribution in [-0.2, 0) is 21.4 Å². The van der Waals surface area contributed by atoms with E-state index in [-0.39, 0.29) is 31.1 Å². The second kappa shape index (κ2) is 9.09. The highest BCUT2D eigenvalue weighted by atomic mass is 32.2. The number of aryl methyl sites for hydroxylation is 1. The zero-order valence-corrected chi connectivity index (χ0v) is 20.5. The molecule has 1 spiro atoms. The van der Waals surface area contributed by atoms with Crippen LogP contribution >= 0.6 is 23.1 Å². The van der Waals surface area contributed by atoms with Crippen LogP contribution in [0, 0.1) is 0 Å². The Balaban J connectivity index is 2.01. The van der Waals surface area contributed by atoms with Crippen LogP contribution in [0.15, 0.2) is 34.5 Å². The maximum atomic E-state index is 14.7. The van der Waals surface area contributed by atoms with E-state index in [0.717, 1.165) is 20.9 Å². The van der Waals surface area contributed by atoms with Crippen molar-refractivity contribution < 1.29 is 19.6 Å². The maximum absolute atomic E-state index is 14.7. The number of hydrogen-bond acceptors (Lipinski definition) is 8. The Morgan fingerprint density at radius 3 is 2.79 bits per heavy atom. The molecule has 2 aliphatic rings. The average Bonchev–Trinajstić information content (AvgIpc) is 3.42. The van der Waals surface area contributed by atoms with Gasteiger partial charge in [-0.1, -0.05) is 13.0 Å². The van der Waals surface area contributed by atoms with Gasteiger partial charge in [-0.3, -0.25) is 20.3 Å². The first-order valence-electron chi connectivity index (χ1n) is 10.8. The monoisotopic (exact) mass is 488 g/mol. The lowest BCUT2D eigenvalue weighted by molar-refractivity contribution is -0.137. The fourth-order valence-electron chi connectivity index (χ4n) is 5.22. The predicted octanol–water partition coefficient (Wildman–Crippen LogP) is 2.64. The van der Waals surface area contributed by atoms with Crippen LogP contribution in [-0.4, -0.2) is 66.2 Å². The van der Waals surface area contributed by atoms with E-state index in [1.165, 1.54) is 35.0 Å². The summed E-state index contributed by atoms with van der Waals surface area (Å²) in [6, 6.07) is 6.88. The summed E-state index contributed by atoms with van der Waals surface area (Å²) in [5, 5.41) is 17.2. The number of thiophene rings is 1. The molecule has 1 aromatic heterocycles. The Morgan fingerprint density at radius 2 is 2.12 bits per heavy atom. The van der Waals surface area contributed by atoms with E-state index in [1.807, 2.05) is 36.8 Å². The van der Waals surface area contributed by atoms with Crippen LogP contribution in [0.4, 0.5) is 10.5 Å². The highest BCUT2D eigenvalue weighted by Crippen LogP contribution is 2.53. The second-order valence-corrected chi connectivity index (χ2v) is 10.00. The molecular weight excluding hydrogens is 460 g/mol. The third-order valence-electron chi connectivity index (χ3n) is 6.77. The van der Waals surface area contributed by atoms with Gasteiger partial charge < -0.3 is 15.5 Å². The molecule has 10 heteroatoms. The number of carbonyl (C=O) groups is 3. The largest absolute Gasteiger partial charge is 0.341 e. The molecular formula is C23H28N4O4S2. The van der Waals surface area contributed by atoms with Gasteiger partial charge in [0.05, 0.1) is 11.1 Å². The zero-order valence-electron chi connectivity index (χ0n) is 18.9. The molecule has 0 unspecified atom stereocenters. The number of piperazine rings is 1. The van der Waals surface area contributed by atoms with Crippen molar-refractivity contribution in [2.45, 2.75) is 35.6 Å². The number of Topliss-reactive ketones (excluding diaryl/α,β-unsaturated/α-hetero) is 2. The highest BCUT2D eigenvalue weighted by Gasteiger charge is 2.68. The fourth-order valence-corrected chi connectivity index (χ4v) is 7.26. The second-order valence-electron chi connectivity index (χ2n) is 8.23. The van der Waals surface area contributed by atoms with Crippen molar-refractivity contribution in [2.75, 3.05) is 38.4 Å². The topological polar surface area (TPSA) is 111 Å². The Morgan fingerprint density at radius 1 is 1.33 bits per heavy atom. The minimum Gasteiger partial charge on any atom is -0.341 e. The maximum Gasteiger partial charge on any atom is 0.318 e. The molecule has 0 radical (unpaired) electrons. The number of urea groups is 1. The summed E-state index contributed by atoms with van der Waals surface area (Å²) >= 11 is 3.00. The SMILES string of the molecule is CCc1cc(NO)ccc1[C@]1(c2sccc2SC)CC(=O)[C@@]2(CNCCN2C(=O)NC)C1=O. The summed E-state index contributed by atoms with van der Waals surface area (Å²) in [4.78, 5) is 44.6. The molecule has 2 heterocycles. The number of hydrogen-bond donors (Lipinski definition) is 4. The van der Waals surface area contributed by atoms with Gasteiger partial charge in [-0.05, 0) is 47.4 Å².